The summed E-state index contributed by atoms with van der Waals surface area (Å²) in [4.78, 5) is 15.5. The summed E-state index contributed by atoms with van der Waals surface area (Å²) >= 11 is 1.11. The number of rotatable bonds is 5. The average Bonchev–Trinajstić information content (AvgIpc) is 2.48. The van der Waals surface area contributed by atoms with E-state index in [2.05, 4.69) is 4.98 Å². The minimum Gasteiger partial charge on any atom is -0.480 e. The summed E-state index contributed by atoms with van der Waals surface area (Å²) in [7, 11) is 0. The predicted molar refractivity (Wildman–Crippen MR) is 76.4 cm³/mol. The largest absolute Gasteiger partial charge is 0.480 e. The monoisotopic (exact) mass is 284 g/mol. The predicted octanol–water partition coefficient (Wildman–Crippen LogP) is 2.74. The van der Waals surface area contributed by atoms with Crippen molar-refractivity contribution in [1.29, 1.82) is 5.26 Å². The normalized spacial score (nSPS) is 11.6. The molecular formula is C15H12N2O2S. The molecule has 0 aliphatic rings. The molecule has 1 heterocycles. The average molecular weight is 284 g/mol. The van der Waals surface area contributed by atoms with E-state index in [4.69, 9.17) is 5.26 Å². The van der Waals surface area contributed by atoms with Crippen LogP contribution in [0.15, 0.2) is 53.7 Å². The number of pyridine rings is 1. The van der Waals surface area contributed by atoms with Crippen molar-refractivity contribution in [2.75, 3.05) is 0 Å². The van der Waals surface area contributed by atoms with Gasteiger partial charge in [-0.1, -0.05) is 42.1 Å². The van der Waals surface area contributed by atoms with Crippen LogP contribution in [0, 0.1) is 11.3 Å². The van der Waals surface area contributed by atoms with Gasteiger partial charge in [-0.25, -0.2) is 4.98 Å². The molecule has 0 saturated heterocycles. The van der Waals surface area contributed by atoms with Gasteiger partial charge < -0.3 is 5.11 Å². The molecule has 0 spiro atoms. The molecule has 4 nitrogen and oxygen atoms in total. The molecule has 20 heavy (non-hydrogen) atoms. The number of nitriles is 1. The summed E-state index contributed by atoms with van der Waals surface area (Å²) in [6, 6.07) is 14.7. The van der Waals surface area contributed by atoms with E-state index in [1.54, 1.807) is 18.3 Å². The van der Waals surface area contributed by atoms with Crippen LogP contribution in [0.4, 0.5) is 0 Å². The van der Waals surface area contributed by atoms with Crippen LogP contribution in [-0.4, -0.2) is 21.3 Å². The fourth-order valence-corrected chi connectivity index (χ4v) is 2.72. The summed E-state index contributed by atoms with van der Waals surface area (Å²) in [5.74, 6) is -0.909. The first kappa shape index (κ1) is 14.1. The van der Waals surface area contributed by atoms with Gasteiger partial charge in [0.15, 0.2) is 0 Å². The first-order chi connectivity index (χ1) is 9.70. The highest BCUT2D eigenvalue weighted by Gasteiger charge is 2.21. The summed E-state index contributed by atoms with van der Waals surface area (Å²) in [6.45, 7) is 0. The van der Waals surface area contributed by atoms with E-state index in [0.717, 1.165) is 17.3 Å². The Hall–Kier alpha value is -2.32. The molecule has 0 radical (unpaired) electrons. The minimum absolute atomic E-state index is 0.391. The molecule has 0 aliphatic carbocycles. The van der Waals surface area contributed by atoms with Crippen LogP contribution in [-0.2, 0) is 11.2 Å². The van der Waals surface area contributed by atoms with Crippen LogP contribution in [0.1, 0.15) is 11.1 Å². The summed E-state index contributed by atoms with van der Waals surface area (Å²) in [5, 5.41) is 18.1. The van der Waals surface area contributed by atoms with Gasteiger partial charge in [-0.3, -0.25) is 4.79 Å². The van der Waals surface area contributed by atoms with Crippen molar-refractivity contribution in [3.8, 4) is 6.07 Å². The lowest BCUT2D eigenvalue weighted by atomic mass is 10.1. The lowest BCUT2D eigenvalue weighted by Gasteiger charge is -2.12. The molecule has 2 aromatic rings. The minimum atomic E-state index is -0.909. The zero-order chi connectivity index (χ0) is 14.4. The zero-order valence-electron chi connectivity index (χ0n) is 10.6. The molecule has 1 aromatic heterocycles. The molecule has 0 fully saturated rings. The van der Waals surface area contributed by atoms with Crippen molar-refractivity contribution in [2.45, 2.75) is 16.7 Å². The summed E-state index contributed by atoms with van der Waals surface area (Å²) < 4.78 is 0. The number of benzene rings is 1. The number of nitrogens with zero attached hydrogens (tertiary/aromatic N) is 2. The van der Waals surface area contributed by atoms with Gasteiger partial charge in [0.2, 0.25) is 0 Å². The maximum absolute atomic E-state index is 11.4. The van der Waals surface area contributed by atoms with E-state index in [9.17, 15) is 9.90 Å². The number of hydrogen-bond acceptors (Lipinski definition) is 4. The fraction of sp³-hybridized carbons (Fsp3) is 0.133. The van der Waals surface area contributed by atoms with Crippen LogP contribution >= 0.6 is 11.8 Å². The van der Waals surface area contributed by atoms with Gasteiger partial charge >= 0.3 is 5.97 Å². The fourth-order valence-electron chi connectivity index (χ4n) is 1.71. The summed E-state index contributed by atoms with van der Waals surface area (Å²) in [5.41, 5.74) is 1.35. The van der Waals surface area contributed by atoms with Gasteiger partial charge in [0.1, 0.15) is 16.3 Å². The smallest absolute Gasteiger partial charge is 0.317 e. The second-order valence-electron chi connectivity index (χ2n) is 4.10. The Balaban J connectivity index is 2.18. The van der Waals surface area contributed by atoms with E-state index in [1.807, 2.05) is 36.4 Å². The molecule has 0 amide bonds. The number of carboxylic acid groups (broad SMARTS) is 1. The number of thioether (sulfide) groups is 1. The van der Waals surface area contributed by atoms with Crippen LogP contribution in [0.5, 0.6) is 0 Å². The summed E-state index contributed by atoms with van der Waals surface area (Å²) in [6.07, 6.45) is 1.95. The number of aromatic nitrogens is 1. The van der Waals surface area contributed by atoms with E-state index in [1.165, 1.54) is 0 Å². The van der Waals surface area contributed by atoms with Crippen molar-refractivity contribution >= 4 is 17.7 Å². The van der Waals surface area contributed by atoms with Crippen LogP contribution in [0.2, 0.25) is 0 Å². The second kappa shape index (κ2) is 6.73. The molecule has 2 rings (SSSR count). The van der Waals surface area contributed by atoms with E-state index in [-0.39, 0.29) is 0 Å². The van der Waals surface area contributed by atoms with Crippen molar-refractivity contribution < 1.29 is 9.90 Å². The highest BCUT2D eigenvalue weighted by Crippen LogP contribution is 2.27. The highest BCUT2D eigenvalue weighted by molar-refractivity contribution is 8.00. The molecule has 1 aromatic carbocycles. The molecule has 0 bridgehead atoms. The van der Waals surface area contributed by atoms with Crippen LogP contribution < -0.4 is 0 Å². The Morgan fingerprint density at radius 2 is 2.05 bits per heavy atom. The first-order valence-electron chi connectivity index (χ1n) is 5.99. The maximum Gasteiger partial charge on any atom is 0.317 e. The van der Waals surface area contributed by atoms with Crippen molar-refractivity contribution in [2.24, 2.45) is 0 Å². The first-order valence-corrected chi connectivity index (χ1v) is 6.87. The number of carboxylic acids is 1. The third-order valence-electron chi connectivity index (χ3n) is 2.68. The number of aliphatic carboxylic acids is 1. The molecule has 1 atom stereocenters. The lowest BCUT2D eigenvalue weighted by molar-refractivity contribution is -0.136. The van der Waals surface area contributed by atoms with Gasteiger partial charge in [-0.05, 0) is 24.1 Å². The van der Waals surface area contributed by atoms with Gasteiger partial charge in [-0.2, -0.15) is 5.26 Å². The molecule has 0 saturated carbocycles. The Morgan fingerprint density at radius 3 is 2.70 bits per heavy atom. The quantitative estimate of drug-likeness (QED) is 0.854. The van der Waals surface area contributed by atoms with E-state index in [0.29, 0.717) is 17.0 Å². The van der Waals surface area contributed by atoms with Gasteiger partial charge in [0, 0.05) is 6.20 Å². The standard InChI is InChI=1S/C15H12N2O2S/c16-10-12-7-4-8-17-14(12)20-13(15(18)19)9-11-5-2-1-3-6-11/h1-8,13H,9H2,(H,18,19). The Bertz CT molecular complexity index is 638. The molecule has 5 heteroatoms. The van der Waals surface area contributed by atoms with Gasteiger partial charge in [0.05, 0.1) is 5.56 Å². The Morgan fingerprint density at radius 1 is 1.30 bits per heavy atom. The van der Waals surface area contributed by atoms with Crippen molar-refractivity contribution in [3.63, 3.8) is 0 Å². The van der Waals surface area contributed by atoms with Gasteiger partial charge in [-0.15, -0.1) is 0 Å². The third-order valence-corrected chi connectivity index (χ3v) is 3.89. The van der Waals surface area contributed by atoms with Gasteiger partial charge in [0.25, 0.3) is 0 Å². The highest BCUT2D eigenvalue weighted by atomic mass is 32.2. The van der Waals surface area contributed by atoms with Crippen LogP contribution in [0.3, 0.4) is 0 Å². The zero-order valence-corrected chi connectivity index (χ0v) is 11.4. The van der Waals surface area contributed by atoms with Crippen LogP contribution in [0.25, 0.3) is 0 Å². The Labute approximate surface area is 121 Å². The Kier molecular flexibility index (Phi) is 4.75. The topological polar surface area (TPSA) is 74.0 Å². The lowest BCUT2D eigenvalue weighted by Crippen LogP contribution is -2.19. The third kappa shape index (κ3) is 3.59. The molecule has 0 aliphatic heterocycles. The molecule has 1 unspecified atom stereocenters. The van der Waals surface area contributed by atoms with Crippen molar-refractivity contribution in [3.05, 3.63) is 59.8 Å². The second-order valence-corrected chi connectivity index (χ2v) is 5.29. The molecule has 100 valence electrons. The molecular weight excluding hydrogens is 272 g/mol. The molecule has 1 N–H and O–H groups in total. The number of carbonyl (C=O) groups is 1. The maximum atomic E-state index is 11.4. The number of hydrogen-bond donors (Lipinski definition) is 1. The van der Waals surface area contributed by atoms with E-state index >= 15 is 0 Å². The van der Waals surface area contributed by atoms with Crippen molar-refractivity contribution in [1.82, 2.24) is 4.98 Å². The van der Waals surface area contributed by atoms with E-state index < -0.39 is 11.2 Å². The SMILES string of the molecule is N#Cc1cccnc1SC(Cc1ccccc1)C(=O)O.